The first-order valence-corrected chi connectivity index (χ1v) is 8.28. The summed E-state index contributed by atoms with van der Waals surface area (Å²) in [6.45, 7) is 0.824. The van der Waals surface area contributed by atoms with Gasteiger partial charge in [0.05, 0.1) is 0 Å². The van der Waals surface area contributed by atoms with E-state index in [0.29, 0.717) is 12.8 Å². The first-order valence-electron chi connectivity index (χ1n) is 6.24. The number of piperidine rings is 1. The summed E-state index contributed by atoms with van der Waals surface area (Å²) in [6.07, 6.45) is 1.10. The topological polar surface area (TPSA) is 61.4 Å². The molecule has 2 aliphatic heterocycles. The molecule has 0 spiro atoms. The Kier molecular flexibility index (Phi) is 3.44. The summed E-state index contributed by atoms with van der Waals surface area (Å²) in [7, 11) is 1.92. The van der Waals surface area contributed by atoms with E-state index in [9.17, 15) is 9.59 Å². The molecule has 19 heavy (non-hydrogen) atoms. The number of imide groups is 1. The number of anilines is 1. The van der Waals surface area contributed by atoms with Crippen LogP contribution >= 0.6 is 0 Å². The van der Waals surface area contributed by atoms with Gasteiger partial charge in [0.1, 0.15) is 0 Å². The van der Waals surface area contributed by atoms with Crippen LogP contribution in [0, 0.1) is 3.57 Å². The third kappa shape index (κ3) is 2.34. The third-order valence-corrected chi connectivity index (χ3v) is 6.80. The number of carbonyl (C=O) groups is 2. The van der Waals surface area contributed by atoms with Crippen molar-refractivity contribution < 1.29 is 31.1 Å². The average molecular weight is 372 g/mol. The Balaban J connectivity index is 1.80. The van der Waals surface area contributed by atoms with Crippen LogP contribution in [-0.4, -0.2) is 28.0 Å². The van der Waals surface area contributed by atoms with Crippen LogP contribution < -0.4 is 32.1 Å². The van der Waals surface area contributed by atoms with Crippen molar-refractivity contribution in [2.24, 2.45) is 0 Å². The number of hydrogen-bond acceptors (Lipinski definition) is 4. The minimum absolute atomic E-state index is 0.130. The van der Waals surface area contributed by atoms with Crippen molar-refractivity contribution in [1.82, 2.24) is 8.43 Å². The van der Waals surface area contributed by atoms with Gasteiger partial charge < -0.3 is 0 Å². The van der Waals surface area contributed by atoms with Gasteiger partial charge in [-0.05, 0) is 0 Å². The Morgan fingerprint density at radius 1 is 1.42 bits per heavy atom. The molecule has 5 nitrogen and oxygen atoms in total. The van der Waals surface area contributed by atoms with E-state index in [-0.39, 0.29) is 39.3 Å². The van der Waals surface area contributed by atoms with Crippen LogP contribution in [0.15, 0.2) is 18.2 Å². The third-order valence-electron chi connectivity index (χ3n) is 3.41. The zero-order valence-electron chi connectivity index (χ0n) is 10.6. The van der Waals surface area contributed by atoms with Gasteiger partial charge in [0.25, 0.3) is 0 Å². The maximum atomic E-state index is 11.9. The summed E-state index contributed by atoms with van der Waals surface area (Å²) >= 11 is -0.340. The second-order valence-electron chi connectivity index (χ2n) is 4.64. The summed E-state index contributed by atoms with van der Waals surface area (Å²) in [5.74, 6) is -0.276. The molecule has 1 saturated heterocycles. The van der Waals surface area contributed by atoms with Crippen molar-refractivity contribution in [3.8, 4) is 0 Å². The summed E-state index contributed by atoms with van der Waals surface area (Å²) in [6, 6.07) is 6.11. The molecule has 2 amide bonds. The number of carbonyl (C=O) groups excluding carboxylic acids is 2. The van der Waals surface area contributed by atoms with Crippen LogP contribution in [0.4, 0.5) is 5.69 Å². The summed E-state index contributed by atoms with van der Waals surface area (Å²) in [5.41, 5.74) is 2.48. The van der Waals surface area contributed by atoms with Crippen LogP contribution in [0.3, 0.4) is 0 Å². The monoisotopic (exact) mass is 372 g/mol. The molecule has 6 heteroatoms. The zero-order valence-corrected chi connectivity index (χ0v) is 12.7. The average Bonchev–Trinajstić information content (AvgIpc) is 2.81. The van der Waals surface area contributed by atoms with E-state index in [2.05, 4.69) is 25.9 Å². The maximum absolute atomic E-state index is 11.9. The summed E-state index contributed by atoms with van der Waals surface area (Å²) in [5, 5.41) is 5.66. The molecule has 2 N–H and O–H groups in total. The van der Waals surface area contributed by atoms with E-state index in [1.165, 1.54) is 14.8 Å². The van der Waals surface area contributed by atoms with E-state index < -0.39 is 0 Å². The van der Waals surface area contributed by atoms with Crippen LogP contribution in [-0.2, 0) is 16.1 Å². The SMILES string of the molecule is CNc1cccc2c1[I-]N(C1CCC(=O)NC1=O)C2. The zero-order chi connectivity index (χ0) is 13.4. The molecule has 102 valence electrons. The first kappa shape index (κ1) is 12.9. The molecular weight excluding hydrogens is 357 g/mol. The number of hydrogen-bond donors (Lipinski definition) is 2. The number of nitrogens with one attached hydrogen (secondary N) is 2. The van der Waals surface area contributed by atoms with Gasteiger partial charge in [0, 0.05) is 0 Å². The Hall–Kier alpha value is -1.15. The fourth-order valence-corrected chi connectivity index (χ4v) is 5.81. The van der Waals surface area contributed by atoms with E-state index in [1.54, 1.807) is 0 Å². The molecule has 0 aliphatic carbocycles. The number of rotatable bonds is 2. The fraction of sp³-hybridized carbons (Fsp3) is 0.385. The van der Waals surface area contributed by atoms with E-state index in [0.717, 1.165) is 6.54 Å². The Labute approximate surface area is 122 Å². The molecule has 2 heterocycles. The van der Waals surface area contributed by atoms with Crippen molar-refractivity contribution in [2.45, 2.75) is 25.4 Å². The van der Waals surface area contributed by atoms with Gasteiger partial charge in [-0.2, -0.15) is 0 Å². The van der Waals surface area contributed by atoms with Crippen molar-refractivity contribution in [3.05, 3.63) is 27.3 Å². The molecule has 1 aromatic carbocycles. The number of benzene rings is 1. The molecule has 1 unspecified atom stereocenters. The van der Waals surface area contributed by atoms with Gasteiger partial charge >= 0.3 is 122 Å². The quantitative estimate of drug-likeness (QED) is 0.343. The fourth-order valence-electron chi connectivity index (χ4n) is 2.41. The van der Waals surface area contributed by atoms with Gasteiger partial charge in [0.15, 0.2) is 0 Å². The van der Waals surface area contributed by atoms with Gasteiger partial charge in [-0.3, -0.25) is 0 Å². The number of nitrogens with zero attached hydrogens (tertiary/aromatic N) is 1. The second-order valence-corrected chi connectivity index (χ2v) is 7.44. The van der Waals surface area contributed by atoms with Crippen molar-refractivity contribution in [1.29, 1.82) is 0 Å². The predicted molar refractivity (Wildman–Crippen MR) is 66.4 cm³/mol. The van der Waals surface area contributed by atoms with Crippen LogP contribution in [0.1, 0.15) is 18.4 Å². The summed E-state index contributed by atoms with van der Waals surface area (Å²) < 4.78 is 3.63. The molecule has 0 aromatic heterocycles. The van der Waals surface area contributed by atoms with Crippen LogP contribution in [0.5, 0.6) is 0 Å². The van der Waals surface area contributed by atoms with Gasteiger partial charge in [-0.15, -0.1) is 0 Å². The molecule has 0 bridgehead atoms. The van der Waals surface area contributed by atoms with Crippen molar-refractivity contribution >= 4 is 17.5 Å². The van der Waals surface area contributed by atoms with E-state index >= 15 is 0 Å². The van der Waals surface area contributed by atoms with E-state index in [1.807, 2.05) is 13.1 Å². The first-order chi connectivity index (χ1) is 9.19. The van der Waals surface area contributed by atoms with Crippen LogP contribution in [0.2, 0.25) is 0 Å². The van der Waals surface area contributed by atoms with E-state index in [4.69, 9.17) is 0 Å². The molecule has 2 aliphatic rings. The Morgan fingerprint density at radius 2 is 2.26 bits per heavy atom. The number of halogens is 1. The van der Waals surface area contributed by atoms with Crippen LogP contribution in [0.25, 0.3) is 0 Å². The van der Waals surface area contributed by atoms with Crippen molar-refractivity contribution in [2.75, 3.05) is 12.4 Å². The second kappa shape index (κ2) is 5.09. The predicted octanol–water partition coefficient (Wildman–Crippen LogP) is -2.48. The number of fused-ring (bicyclic) bond motifs is 1. The molecule has 1 atom stereocenters. The number of amides is 2. The Bertz CT molecular complexity index is 547. The molecule has 1 fully saturated rings. The molecule has 3 rings (SSSR count). The molecule has 0 saturated carbocycles. The Morgan fingerprint density at radius 3 is 3.00 bits per heavy atom. The standard InChI is InChI=1S/C13H15IN3O2/c1-15-9-4-2-3-8-7-17(14-12(8)9)10-5-6-11(18)16-13(10)19/h2-4,10,15H,5-7H2,1H3,(H,16,18,19)/q-1. The van der Waals surface area contributed by atoms with Gasteiger partial charge in [0.2, 0.25) is 0 Å². The summed E-state index contributed by atoms with van der Waals surface area (Å²) in [4.78, 5) is 23.1. The normalized spacial score (nSPS) is 23.5. The van der Waals surface area contributed by atoms with Crippen molar-refractivity contribution in [3.63, 3.8) is 0 Å². The minimum atomic E-state index is -0.340. The van der Waals surface area contributed by atoms with Gasteiger partial charge in [-0.1, -0.05) is 0 Å². The molecule has 1 aromatic rings. The van der Waals surface area contributed by atoms with Gasteiger partial charge in [-0.25, -0.2) is 0 Å². The molecule has 0 radical (unpaired) electrons. The molecular formula is C13H15IN3O2-.